The predicted molar refractivity (Wildman–Crippen MR) is 124 cm³/mol. The number of nitriles is 1. The highest BCUT2D eigenvalue weighted by Crippen LogP contribution is 2.26. The first-order valence-electron chi connectivity index (χ1n) is 10.2. The van der Waals surface area contributed by atoms with E-state index in [9.17, 15) is 13.2 Å². The second-order valence-electron chi connectivity index (χ2n) is 7.82. The molecule has 1 aromatic heterocycles. The van der Waals surface area contributed by atoms with Crippen LogP contribution in [0.1, 0.15) is 35.7 Å². The standard InChI is InChI=1S/C23H22N4O3S2/c1-16-3-2-12-27(14-16)32(29,30)20-10-8-19(9-11-20)22(28)26-23-25-21(15-31-23)18-6-4-17(13-24)5-7-18/h4-11,15-16H,2-3,12,14H2,1H3,(H,25,26,28). The van der Waals surface area contributed by atoms with E-state index in [-0.39, 0.29) is 10.8 Å². The summed E-state index contributed by atoms with van der Waals surface area (Å²) in [6.07, 6.45) is 1.90. The molecule has 0 saturated carbocycles. The van der Waals surface area contributed by atoms with Crippen molar-refractivity contribution in [3.8, 4) is 17.3 Å². The molecule has 1 amide bonds. The van der Waals surface area contributed by atoms with Crippen LogP contribution in [0.15, 0.2) is 58.8 Å². The molecule has 1 aliphatic rings. The van der Waals surface area contributed by atoms with Gasteiger partial charge in [-0.25, -0.2) is 13.4 Å². The Labute approximate surface area is 191 Å². The molecule has 9 heteroatoms. The molecule has 1 saturated heterocycles. The lowest BCUT2D eigenvalue weighted by atomic mass is 10.0. The average molecular weight is 467 g/mol. The summed E-state index contributed by atoms with van der Waals surface area (Å²) in [6.45, 7) is 3.11. The maximum Gasteiger partial charge on any atom is 0.257 e. The van der Waals surface area contributed by atoms with E-state index in [4.69, 9.17) is 5.26 Å². The molecule has 0 spiro atoms. The third-order valence-corrected chi connectivity index (χ3v) is 8.05. The lowest BCUT2D eigenvalue weighted by Crippen LogP contribution is -2.39. The molecule has 0 radical (unpaired) electrons. The Bertz CT molecular complexity index is 1260. The van der Waals surface area contributed by atoms with E-state index in [1.54, 1.807) is 12.1 Å². The van der Waals surface area contributed by atoms with E-state index in [2.05, 4.69) is 23.3 Å². The molecule has 1 N–H and O–H groups in total. The molecule has 32 heavy (non-hydrogen) atoms. The number of thiazole rings is 1. The predicted octanol–water partition coefficient (Wildman–Crippen LogP) is 4.35. The summed E-state index contributed by atoms with van der Waals surface area (Å²) in [6, 6.07) is 15.1. The van der Waals surface area contributed by atoms with E-state index < -0.39 is 10.0 Å². The van der Waals surface area contributed by atoms with Gasteiger partial charge in [0.15, 0.2) is 5.13 Å². The van der Waals surface area contributed by atoms with Crippen LogP contribution in [0.3, 0.4) is 0 Å². The normalized spacial score (nSPS) is 16.9. The number of benzene rings is 2. The van der Waals surface area contributed by atoms with Crippen LogP contribution >= 0.6 is 11.3 Å². The number of nitrogens with zero attached hydrogens (tertiary/aromatic N) is 3. The van der Waals surface area contributed by atoms with E-state index >= 15 is 0 Å². The fraction of sp³-hybridized carbons (Fsp3) is 0.261. The highest BCUT2D eigenvalue weighted by atomic mass is 32.2. The lowest BCUT2D eigenvalue weighted by Gasteiger charge is -2.30. The zero-order valence-corrected chi connectivity index (χ0v) is 19.1. The number of amides is 1. The number of hydrogen-bond acceptors (Lipinski definition) is 6. The summed E-state index contributed by atoms with van der Waals surface area (Å²) < 4.78 is 27.3. The van der Waals surface area contributed by atoms with Gasteiger partial charge in [0, 0.05) is 29.6 Å². The van der Waals surface area contributed by atoms with Gasteiger partial charge in [-0.05, 0) is 55.2 Å². The van der Waals surface area contributed by atoms with E-state index in [0.29, 0.717) is 41.0 Å². The number of aromatic nitrogens is 1. The van der Waals surface area contributed by atoms with Crippen LogP contribution in [0.5, 0.6) is 0 Å². The van der Waals surface area contributed by atoms with E-state index in [1.807, 2.05) is 17.5 Å². The van der Waals surface area contributed by atoms with Crippen molar-refractivity contribution in [2.75, 3.05) is 18.4 Å². The van der Waals surface area contributed by atoms with Crippen LogP contribution < -0.4 is 5.32 Å². The summed E-state index contributed by atoms with van der Waals surface area (Å²) in [7, 11) is -3.56. The maximum atomic E-state index is 12.9. The summed E-state index contributed by atoms with van der Waals surface area (Å²) in [5, 5.41) is 13.9. The van der Waals surface area contributed by atoms with Crippen LogP contribution in [-0.4, -0.2) is 36.7 Å². The van der Waals surface area contributed by atoms with Gasteiger partial charge in [-0.1, -0.05) is 19.1 Å². The summed E-state index contributed by atoms with van der Waals surface area (Å²) >= 11 is 1.29. The summed E-state index contributed by atoms with van der Waals surface area (Å²) in [5.41, 5.74) is 2.47. The van der Waals surface area contributed by atoms with Crippen LogP contribution in [0.2, 0.25) is 0 Å². The first kappa shape index (κ1) is 22.1. The highest BCUT2D eigenvalue weighted by molar-refractivity contribution is 7.89. The molecule has 7 nitrogen and oxygen atoms in total. The van der Waals surface area contributed by atoms with Crippen LogP contribution in [-0.2, 0) is 10.0 Å². The van der Waals surface area contributed by atoms with E-state index in [1.165, 1.54) is 39.9 Å². The molecule has 0 bridgehead atoms. The largest absolute Gasteiger partial charge is 0.298 e. The highest BCUT2D eigenvalue weighted by Gasteiger charge is 2.28. The minimum atomic E-state index is -3.56. The molecule has 1 aliphatic heterocycles. The SMILES string of the molecule is CC1CCCN(S(=O)(=O)c2ccc(C(=O)Nc3nc(-c4ccc(C#N)cc4)cs3)cc2)C1. The van der Waals surface area contributed by atoms with Gasteiger partial charge < -0.3 is 0 Å². The Kier molecular flexibility index (Phi) is 6.37. The van der Waals surface area contributed by atoms with Gasteiger partial charge in [0.05, 0.1) is 22.2 Å². The first-order valence-corrected chi connectivity index (χ1v) is 12.6. The van der Waals surface area contributed by atoms with Gasteiger partial charge >= 0.3 is 0 Å². The fourth-order valence-corrected chi connectivity index (χ4v) is 5.95. The summed E-state index contributed by atoms with van der Waals surface area (Å²) in [4.78, 5) is 17.2. The van der Waals surface area contributed by atoms with Gasteiger partial charge in [0.2, 0.25) is 10.0 Å². The number of carbonyl (C=O) groups excluding carboxylic acids is 1. The minimum Gasteiger partial charge on any atom is -0.298 e. The second kappa shape index (κ2) is 9.20. The topological polar surface area (TPSA) is 103 Å². The van der Waals surface area contributed by atoms with E-state index in [0.717, 1.165) is 18.4 Å². The lowest BCUT2D eigenvalue weighted by molar-refractivity contribution is 0.102. The van der Waals surface area contributed by atoms with Gasteiger partial charge in [-0.3, -0.25) is 10.1 Å². The van der Waals surface area contributed by atoms with Crippen LogP contribution in [0, 0.1) is 17.2 Å². The third-order valence-electron chi connectivity index (χ3n) is 5.41. The van der Waals surface area contributed by atoms with Gasteiger partial charge in [0.25, 0.3) is 5.91 Å². The minimum absolute atomic E-state index is 0.195. The van der Waals surface area contributed by atoms with Crippen molar-refractivity contribution in [2.24, 2.45) is 5.92 Å². The van der Waals surface area contributed by atoms with Crippen LogP contribution in [0.25, 0.3) is 11.3 Å². The van der Waals surface area contributed by atoms with Crippen molar-refractivity contribution in [3.05, 3.63) is 65.0 Å². The molecular weight excluding hydrogens is 444 g/mol. The molecular formula is C23H22N4O3S2. The number of sulfonamides is 1. The molecule has 2 aromatic carbocycles. The van der Waals surface area contributed by atoms with Crippen molar-refractivity contribution in [2.45, 2.75) is 24.7 Å². The Morgan fingerprint density at radius 1 is 1.19 bits per heavy atom. The Hall–Kier alpha value is -3.06. The zero-order valence-electron chi connectivity index (χ0n) is 17.5. The van der Waals surface area contributed by atoms with Crippen molar-refractivity contribution in [1.82, 2.24) is 9.29 Å². The van der Waals surface area contributed by atoms with Crippen molar-refractivity contribution >= 4 is 32.4 Å². The zero-order chi connectivity index (χ0) is 22.7. The molecule has 164 valence electrons. The molecule has 1 fully saturated rings. The molecule has 3 aromatic rings. The summed E-state index contributed by atoms with van der Waals surface area (Å²) in [5.74, 6) is -0.0164. The quantitative estimate of drug-likeness (QED) is 0.602. The number of carbonyl (C=O) groups is 1. The Morgan fingerprint density at radius 2 is 1.91 bits per heavy atom. The van der Waals surface area contributed by atoms with Crippen molar-refractivity contribution in [1.29, 1.82) is 5.26 Å². The van der Waals surface area contributed by atoms with Gasteiger partial charge in [-0.2, -0.15) is 9.57 Å². The fourth-order valence-electron chi connectivity index (χ4n) is 3.64. The first-order chi connectivity index (χ1) is 15.4. The molecule has 1 unspecified atom stereocenters. The van der Waals surface area contributed by atoms with Crippen LogP contribution in [0.4, 0.5) is 5.13 Å². The Morgan fingerprint density at radius 3 is 2.56 bits per heavy atom. The smallest absolute Gasteiger partial charge is 0.257 e. The monoisotopic (exact) mass is 466 g/mol. The number of piperidine rings is 1. The maximum absolute atomic E-state index is 12.9. The number of nitrogens with one attached hydrogen (secondary N) is 1. The average Bonchev–Trinajstić information content (AvgIpc) is 3.27. The number of anilines is 1. The number of hydrogen-bond donors (Lipinski definition) is 1. The van der Waals surface area contributed by atoms with Gasteiger partial charge in [-0.15, -0.1) is 11.3 Å². The van der Waals surface area contributed by atoms with Crippen molar-refractivity contribution in [3.63, 3.8) is 0 Å². The number of rotatable bonds is 5. The molecule has 2 heterocycles. The molecule has 4 rings (SSSR count). The van der Waals surface area contributed by atoms with Gasteiger partial charge in [0.1, 0.15) is 0 Å². The second-order valence-corrected chi connectivity index (χ2v) is 10.6. The third kappa shape index (κ3) is 4.72. The molecule has 0 aliphatic carbocycles. The molecule has 1 atom stereocenters. The Balaban J connectivity index is 1.44. The van der Waals surface area contributed by atoms with Crippen molar-refractivity contribution < 1.29 is 13.2 Å².